The van der Waals surface area contributed by atoms with E-state index in [-0.39, 0.29) is 5.69 Å². The Kier molecular flexibility index (Phi) is 5.31. The molecule has 5 heteroatoms. The number of ether oxygens (including phenoxy) is 1. The lowest BCUT2D eigenvalue weighted by molar-refractivity contribution is 0.0594. The summed E-state index contributed by atoms with van der Waals surface area (Å²) in [5, 5.41) is 2.88. The zero-order chi connectivity index (χ0) is 15.2. The van der Waals surface area contributed by atoms with Gasteiger partial charge in [-0.05, 0) is 44.2 Å². The fourth-order valence-corrected chi connectivity index (χ4v) is 2.44. The van der Waals surface area contributed by atoms with E-state index < -0.39 is 23.2 Å². The molecule has 0 aromatic heterocycles. The summed E-state index contributed by atoms with van der Waals surface area (Å²) in [7, 11) is 1.13. The van der Waals surface area contributed by atoms with Gasteiger partial charge in [-0.2, -0.15) is 0 Å². The molecule has 1 aromatic rings. The predicted octanol–water partition coefficient (Wildman–Crippen LogP) is 4.05. The Morgan fingerprint density at radius 2 is 2.10 bits per heavy atom. The number of nitrogens with one attached hydrogen (secondary N) is 1. The van der Waals surface area contributed by atoms with Gasteiger partial charge in [0.05, 0.1) is 18.4 Å². The molecule has 0 amide bonds. The van der Waals surface area contributed by atoms with E-state index >= 15 is 0 Å². The van der Waals surface area contributed by atoms with Gasteiger partial charge in [-0.15, -0.1) is 0 Å². The summed E-state index contributed by atoms with van der Waals surface area (Å²) in [6.07, 6.45) is 7.66. The van der Waals surface area contributed by atoms with Crippen molar-refractivity contribution in [2.24, 2.45) is 0 Å². The lowest BCUT2D eigenvalue weighted by Gasteiger charge is -2.14. The molecule has 0 fully saturated rings. The summed E-state index contributed by atoms with van der Waals surface area (Å²) in [5.74, 6) is -3.11. The van der Waals surface area contributed by atoms with Crippen LogP contribution >= 0.6 is 0 Å². The van der Waals surface area contributed by atoms with Gasteiger partial charge in [-0.25, -0.2) is 13.6 Å². The fourth-order valence-electron chi connectivity index (χ4n) is 2.44. The predicted molar refractivity (Wildman–Crippen MR) is 77.4 cm³/mol. The maximum atomic E-state index is 13.9. The number of halogens is 2. The molecular weight excluding hydrogens is 276 g/mol. The van der Waals surface area contributed by atoms with Crippen molar-refractivity contribution < 1.29 is 18.3 Å². The van der Waals surface area contributed by atoms with E-state index in [0.29, 0.717) is 6.54 Å². The zero-order valence-corrected chi connectivity index (χ0v) is 12.0. The van der Waals surface area contributed by atoms with Crippen LogP contribution in [0.4, 0.5) is 14.5 Å². The summed E-state index contributed by atoms with van der Waals surface area (Å²) < 4.78 is 32.0. The van der Waals surface area contributed by atoms with Crippen LogP contribution in [-0.4, -0.2) is 19.6 Å². The average Bonchev–Trinajstić information content (AvgIpc) is 2.52. The molecule has 3 nitrogen and oxygen atoms in total. The van der Waals surface area contributed by atoms with Crippen LogP contribution in [0.25, 0.3) is 0 Å². The maximum Gasteiger partial charge on any atom is 0.340 e. The van der Waals surface area contributed by atoms with Crippen LogP contribution in [0.1, 0.15) is 42.5 Å². The molecule has 0 radical (unpaired) electrons. The molecule has 0 unspecified atom stereocenters. The molecule has 1 aliphatic rings. The van der Waals surface area contributed by atoms with Gasteiger partial charge < -0.3 is 10.1 Å². The van der Waals surface area contributed by atoms with Crippen molar-refractivity contribution in [3.63, 3.8) is 0 Å². The van der Waals surface area contributed by atoms with E-state index in [1.54, 1.807) is 0 Å². The number of benzene rings is 1. The number of carbonyl (C=O) groups excluding carboxylic acids is 1. The minimum Gasteiger partial charge on any atom is -0.465 e. The Bertz CT molecular complexity index is 555. The zero-order valence-electron chi connectivity index (χ0n) is 12.0. The van der Waals surface area contributed by atoms with Crippen molar-refractivity contribution in [3.05, 3.63) is 41.0 Å². The van der Waals surface area contributed by atoms with Crippen LogP contribution in [0.2, 0.25) is 0 Å². The van der Waals surface area contributed by atoms with Crippen LogP contribution < -0.4 is 5.32 Å². The summed E-state index contributed by atoms with van der Waals surface area (Å²) in [5.41, 5.74) is 1.04. The quantitative estimate of drug-likeness (QED) is 0.658. The first-order valence-corrected chi connectivity index (χ1v) is 7.11. The first-order valence-electron chi connectivity index (χ1n) is 7.11. The third-order valence-electron chi connectivity index (χ3n) is 3.63. The van der Waals surface area contributed by atoms with Gasteiger partial charge in [0.25, 0.3) is 0 Å². The highest BCUT2D eigenvalue weighted by Crippen LogP contribution is 2.23. The molecule has 0 atom stereocenters. The number of hydrogen-bond donors (Lipinski definition) is 1. The Morgan fingerprint density at radius 1 is 1.29 bits per heavy atom. The molecule has 0 saturated heterocycles. The molecule has 0 heterocycles. The third kappa shape index (κ3) is 3.80. The van der Waals surface area contributed by atoms with E-state index in [9.17, 15) is 13.6 Å². The smallest absolute Gasteiger partial charge is 0.340 e. The highest BCUT2D eigenvalue weighted by atomic mass is 19.2. The van der Waals surface area contributed by atoms with Gasteiger partial charge in [-0.3, -0.25) is 0 Å². The molecule has 0 bridgehead atoms. The van der Waals surface area contributed by atoms with Crippen molar-refractivity contribution in [2.45, 2.75) is 32.1 Å². The first-order chi connectivity index (χ1) is 10.1. The summed E-state index contributed by atoms with van der Waals surface area (Å²) >= 11 is 0. The van der Waals surface area contributed by atoms with Crippen LogP contribution in [0.5, 0.6) is 0 Å². The molecule has 21 heavy (non-hydrogen) atoms. The molecule has 0 spiro atoms. The van der Waals surface area contributed by atoms with Gasteiger partial charge in [0.1, 0.15) is 0 Å². The number of carbonyl (C=O) groups is 1. The first kappa shape index (κ1) is 15.5. The van der Waals surface area contributed by atoms with E-state index in [1.165, 1.54) is 30.5 Å². The number of anilines is 1. The maximum absolute atomic E-state index is 13.9. The molecule has 0 saturated carbocycles. The molecular formula is C16H19F2NO2. The van der Waals surface area contributed by atoms with E-state index in [0.717, 1.165) is 26.4 Å². The number of esters is 1. The molecule has 2 rings (SSSR count). The van der Waals surface area contributed by atoms with Crippen molar-refractivity contribution in [1.29, 1.82) is 0 Å². The van der Waals surface area contributed by atoms with Crippen LogP contribution in [0, 0.1) is 11.6 Å². The van der Waals surface area contributed by atoms with E-state index in [1.807, 2.05) is 0 Å². The minimum atomic E-state index is -1.18. The summed E-state index contributed by atoms with van der Waals surface area (Å²) in [6, 6.07) is 2.59. The van der Waals surface area contributed by atoms with Crippen LogP contribution in [0.3, 0.4) is 0 Å². The van der Waals surface area contributed by atoms with Crippen molar-refractivity contribution in [2.75, 3.05) is 19.0 Å². The van der Waals surface area contributed by atoms with Gasteiger partial charge in [0.2, 0.25) is 0 Å². The van der Waals surface area contributed by atoms with Gasteiger partial charge in [-0.1, -0.05) is 11.6 Å². The SMILES string of the molecule is COC(=O)c1ccc(NCCC2=CCCCC2)c(F)c1F. The summed E-state index contributed by atoms with van der Waals surface area (Å²) in [6.45, 7) is 0.541. The standard InChI is InChI=1S/C16H19F2NO2/c1-21-16(20)12-7-8-13(15(18)14(12)17)19-10-9-11-5-3-2-4-6-11/h5,7-8,19H,2-4,6,9-10H2,1H3. The van der Waals surface area contributed by atoms with Crippen molar-refractivity contribution in [3.8, 4) is 0 Å². The fraction of sp³-hybridized carbons (Fsp3) is 0.438. The second-order valence-corrected chi connectivity index (χ2v) is 5.07. The van der Waals surface area contributed by atoms with Crippen molar-refractivity contribution >= 4 is 11.7 Å². The highest BCUT2D eigenvalue weighted by molar-refractivity contribution is 5.90. The average molecular weight is 295 g/mol. The molecule has 1 aromatic carbocycles. The second kappa shape index (κ2) is 7.20. The minimum absolute atomic E-state index is 0.0663. The van der Waals surface area contributed by atoms with Gasteiger partial charge in [0.15, 0.2) is 11.6 Å². The highest BCUT2D eigenvalue weighted by Gasteiger charge is 2.18. The number of rotatable bonds is 5. The van der Waals surface area contributed by atoms with E-state index in [4.69, 9.17) is 0 Å². The Morgan fingerprint density at radius 3 is 2.76 bits per heavy atom. The number of allylic oxidation sites excluding steroid dienone is 1. The normalized spacial score (nSPS) is 14.5. The van der Waals surface area contributed by atoms with Crippen LogP contribution in [0.15, 0.2) is 23.8 Å². The number of hydrogen-bond acceptors (Lipinski definition) is 3. The topological polar surface area (TPSA) is 38.3 Å². The lowest BCUT2D eigenvalue weighted by Crippen LogP contribution is -2.10. The molecule has 114 valence electrons. The van der Waals surface area contributed by atoms with Gasteiger partial charge in [0, 0.05) is 6.54 Å². The second-order valence-electron chi connectivity index (χ2n) is 5.07. The monoisotopic (exact) mass is 295 g/mol. The Hall–Kier alpha value is -1.91. The van der Waals surface area contributed by atoms with Crippen LogP contribution in [-0.2, 0) is 4.74 Å². The van der Waals surface area contributed by atoms with Crippen molar-refractivity contribution in [1.82, 2.24) is 0 Å². The summed E-state index contributed by atoms with van der Waals surface area (Å²) in [4.78, 5) is 11.3. The Labute approximate surface area is 123 Å². The largest absolute Gasteiger partial charge is 0.465 e. The van der Waals surface area contributed by atoms with Gasteiger partial charge >= 0.3 is 5.97 Å². The number of methoxy groups -OCH3 is 1. The van der Waals surface area contributed by atoms with E-state index in [2.05, 4.69) is 16.1 Å². The molecule has 1 N–H and O–H groups in total. The Balaban J connectivity index is 1.99. The third-order valence-corrected chi connectivity index (χ3v) is 3.63. The lowest BCUT2D eigenvalue weighted by atomic mass is 9.97. The molecule has 1 aliphatic carbocycles. The molecule has 0 aliphatic heterocycles.